The van der Waals surface area contributed by atoms with Crippen molar-refractivity contribution in [2.75, 3.05) is 33.4 Å². The van der Waals surface area contributed by atoms with E-state index in [4.69, 9.17) is 14.6 Å². The number of carbonyl (C=O) groups is 2. The van der Waals surface area contributed by atoms with Crippen LogP contribution >= 0.6 is 0 Å². The first-order chi connectivity index (χ1) is 9.63. The summed E-state index contributed by atoms with van der Waals surface area (Å²) in [6.45, 7) is 0.469. The van der Waals surface area contributed by atoms with Gasteiger partial charge in [0, 0.05) is 19.2 Å². The molecule has 0 radical (unpaired) electrons. The predicted molar refractivity (Wildman–Crippen MR) is 70.8 cm³/mol. The van der Waals surface area contributed by atoms with Gasteiger partial charge in [-0.15, -0.1) is 0 Å². The molecule has 1 unspecified atom stereocenters. The molecular weight excluding hydrogens is 262 g/mol. The Morgan fingerprint density at radius 3 is 2.90 bits per heavy atom. The summed E-state index contributed by atoms with van der Waals surface area (Å²) in [5, 5.41) is 8.90. The van der Waals surface area contributed by atoms with Crippen LogP contribution in [0, 0.1) is 0 Å². The van der Waals surface area contributed by atoms with Crippen LogP contribution in [-0.2, 0) is 14.3 Å². The first-order valence-electron chi connectivity index (χ1n) is 6.34. The molecule has 1 N–H and O–H groups in total. The topological polar surface area (TPSA) is 76.1 Å². The van der Waals surface area contributed by atoms with E-state index in [-0.39, 0.29) is 25.6 Å². The molecule has 0 saturated heterocycles. The maximum atomic E-state index is 12.5. The summed E-state index contributed by atoms with van der Waals surface area (Å²) in [6, 6.07) is 7.32. The molecule has 1 heterocycles. The monoisotopic (exact) mass is 279 g/mol. The summed E-state index contributed by atoms with van der Waals surface area (Å²) >= 11 is 0. The quantitative estimate of drug-likeness (QED) is 0.830. The Morgan fingerprint density at radius 2 is 2.20 bits per heavy atom. The molecular formula is C14H17NO5. The second kappa shape index (κ2) is 6.38. The van der Waals surface area contributed by atoms with E-state index in [1.165, 1.54) is 12.0 Å². The first-order valence-corrected chi connectivity index (χ1v) is 6.34. The van der Waals surface area contributed by atoms with Gasteiger partial charge in [0.2, 0.25) is 5.91 Å². The molecule has 0 saturated carbocycles. The number of carboxylic acid groups (broad SMARTS) is 1. The van der Waals surface area contributed by atoms with Gasteiger partial charge in [-0.2, -0.15) is 0 Å². The molecule has 20 heavy (non-hydrogen) atoms. The lowest BCUT2D eigenvalue weighted by Gasteiger charge is -2.23. The number of benzene rings is 1. The highest BCUT2D eigenvalue weighted by Gasteiger charge is 2.33. The van der Waals surface area contributed by atoms with Gasteiger partial charge in [0.05, 0.1) is 6.61 Å². The smallest absolute Gasteiger partial charge is 0.323 e. The van der Waals surface area contributed by atoms with Gasteiger partial charge in [-0.25, -0.2) is 0 Å². The Balaban J connectivity index is 2.13. The van der Waals surface area contributed by atoms with Gasteiger partial charge >= 0.3 is 5.97 Å². The molecule has 1 aliphatic heterocycles. The minimum Gasteiger partial charge on any atom is -0.492 e. The van der Waals surface area contributed by atoms with E-state index < -0.39 is 11.9 Å². The van der Waals surface area contributed by atoms with Crippen LogP contribution in [0.15, 0.2) is 24.3 Å². The highest BCUT2D eigenvalue weighted by molar-refractivity contribution is 5.88. The minimum atomic E-state index is -1.04. The zero-order chi connectivity index (χ0) is 14.5. The summed E-state index contributed by atoms with van der Waals surface area (Å²) in [5.74, 6) is -1.04. The molecule has 1 amide bonds. The fraction of sp³-hybridized carbons (Fsp3) is 0.429. The van der Waals surface area contributed by atoms with Crippen molar-refractivity contribution in [3.63, 3.8) is 0 Å². The van der Waals surface area contributed by atoms with E-state index in [1.807, 2.05) is 18.2 Å². The van der Waals surface area contributed by atoms with Crippen molar-refractivity contribution in [2.24, 2.45) is 0 Å². The van der Waals surface area contributed by atoms with Crippen molar-refractivity contribution in [1.82, 2.24) is 4.90 Å². The van der Waals surface area contributed by atoms with Gasteiger partial charge in [0.15, 0.2) is 0 Å². The summed E-state index contributed by atoms with van der Waals surface area (Å²) < 4.78 is 10.4. The van der Waals surface area contributed by atoms with Crippen LogP contribution in [0.5, 0.6) is 5.75 Å². The number of ether oxygens (including phenoxy) is 2. The van der Waals surface area contributed by atoms with Crippen LogP contribution < -0.4 is 4.74 Å². The van der Waals surface area contributed by atoms with E-state index >= 15 is 0 Å². The third-order valence-electron chi connectivity index (χ3n) is 3.20. The predicted octanol–water partition coefficient (Wildman–Crippen LogP) is 0.722. The molecule has 2 rings (SSSR count). The number of hydrogen-bond acceptors (Lipinski definition) is 4. The SMILES string of the molecule is COCCN(CC(=O)O)C(=O)C1COc2ccccc21. The van der Waals surface area contributed by atoms with E-state index in [0.29, 0.717) is 12.4 Å². The Morgan fingerprint density at radius 1 is 1.45 bits per heavy atom. The second-order valence-electron chi connectivity index (χ2n) is 4.55. The van der Waals surface area contributed by atoms with Gasteiger partial charge in [-0.05, 0) is 6.07 Å². The number of amides is 1. The van der Waals surface area contributed by atoms with Crippen molar-refractivity contribution in [1.29, 1.82) is 0 Å². The fourth-order valence-corrected chi connectivity index (χ4v) is 2.22. The number of hydrogen-bond donors (Lipinski definition) is 1. The average molecular weight is 279 g/mol. The third kappa shape index (κ3) is 3.08. The molecule has 0 fully saturated rings. The lowest BCUT2D eigenvalue weighted by Crippen LogP contribution is -2.41. The summed E-state index contributed by atoms with van der Waals surface area (Å²) in [5.41, 5.74) is 0.810. The molecule has 1 aromatic rings. The largest absolute Gasteiger partial charge is 0.492 e. The van der Waals surface area contributed by atoms with Crippen molar-refractivity contribution in [3.05, 3.63) is 29.8 Å². The normalized spacial score (nSPS) is 16.4. The molecule has 1 aliphatic rings. The van der Waals surface area contributed by atoms with Crippen molar-refractivity contribution >= 4 is 11.9 Å². The second-order valence-corrected chi connectivity index (χ2v) is 4.55. The van der Waals surface area contributed by atoms with Crippen molar-refractivity contribution < 1.29 is 24.2 Å². The number of fused-ring (bicyclic) bond motifs is 1. The minimum absolute atomic E-state index is 0.241. The van der Waals surface area contributed by atoms with Gasteiger partial charge in [-0.3, -0.25) is 9.59 Å². The molecule has 108 valence electrons. The van der Waals surface area contributed by atoms with E-state index in [1.54, 1.807) is 6.07 Å². The summed E-state index contributed by atoms with van der Waals surface area (Å²) in [6.07, 6.45) is 0. The molecule has 0 aliphatic carbocycles. The van der Waals surface area contributed by atoms with Crippen LogP contribution in [-0.4, -0.2) is 55.3 Å². The van der Waals surface area contributed by atoms with Crippen LogP contribution in [0.4, 0.5) is 0 Å². The maximum absolute atomic E-state index is 12.5. The zero-order valence-corrected chi connectivity index (χ0v) is 11.2. The van der Waals surface area contributed by atoms with Gasteiger partial charge in [0.25, 0.3) is 0 Å². The van der Waals surface area contributed by atoms with E-state index in [2.05, 4.69) is 0 Å². The average Bonchev–Trinajstić information content (AvgIpc) is 2.86. The van der Waals surface area contributed by atoms with E-state index in [0.717, 1.165) is 5.56 Å². The highest BCUT2D eigenvalue weighted by Crippen LogP contribution is 2.34. The first kappa shape index (κ1) is 14.3. The molecule has 1 atom stereocenters. The van der Waals surface area contributed by atoms with Crippen molar-refractivity contribution in [2.45, 2.75) is 5.92 Å². The third-order valence-corrected chi connectivity index (χ3v) is 3.20. The van der Waals surface area contributed by atoms with Crippen LogP contribution in [0.2, 0.25) is 0 Å². The fourth-order valence-electron chi connectivity index (χ4n) is 2.22. The number of carboxylic acids is 1. The molecule has 0 spiro atoms. The number of carbonyl (C=O) groups excluding carboxylic acids is 1. The van der Waals surface area contributed by atoms with Gasteiger partial charge in [-0.1, -0.05) is 18.2 Å². The molecule has 6 heteroatoms. The Hall–Kier alpha value is -2.08. The van der Waals surface area contributed by atoms with Gasteiger partial charge < -0.3 is 19.5 Å². The molecule has 1 aromatic carbocycles. The van der Waals surface area contributed by atoms with Crippen molar-refractivity contribution in [3.8, 4) is 5.75 Å². The Labute approximate surface area is 116 Å². The Bertz CT molecular complexity index is 502. The number of rotatable bonds is 6. The van der Waals surface area contributed by atoms with Gasteiger partial charge in [0.1, 0.15) is 24.8 Å². The Kier molecular flexibility index (Phi) is 4.57. The number of methoxy groups -OCH3 is 1. The van der Waals surface area contributed by atoms with Crippen LogP contribution in [0.3, 0.4) is 0 Å². The highest BCUT2D eigenvalue weighted by atomic mass is 16.5. The number of aliphatic carboxylic acids is 1. The number of para-hydroxylation sites is 1. The number of nitrogens with zero attached hydrogens (tertiary/aromatic N) is 1. The van der Waals surface area contributed by atoms with Crippen LogP contribution in [0.1, 0.15) is 11.5 Å². The maximum Gasteiger partial charge on any atom is 0.323 e. The zero-order valence-electron chi connectivity index (χ0n) is 11.2. The summed E-state index contributed by atoms with van der Waals surface area (Å²) in [4.78, 5) is 24.6. The van der Waals surface area contributed by atoms with E-state index in [9.17, 15) is 9.59 Å². The molecule has 6 nitrogen and oxygen atoms in total. The summed E-state index contributed by atoms with van der Waals surface area (Å²) in [7, 11) is 1.51. The lowest BCUT2D eigenvalue weighted by atomic mass is 10.00. The van der Waals surface area contributed by atoms with Crippen LogP contribution in [0.25, 0.3) is 0 Å². The lowest BCUT2D eigenvalue weighted by molar-refractivity contribution is -0.145. The standard InChI is InChI=1S/C14H17NO5/c1-19-7-6-15(8-13(16)17)14(18)11-9-20-12-5-3-2-4-10(11)12/h2-5,11H,6-9H2,1H3,(H,16,17). The molecule has 0 bridgehead atoms. The molecule has 0 aromatic heterocycles.